The number of likely N-dealkylation sites (tertiary alicyclic amines) is 1. The largest absolute Gasteiger partial charge is 0.385 e. The van der Waals surface area contributed by atoms with Crippen LogP contribution < -0.4 is 5.32 Å². The van der Waals surface area contributed by atoms with Gasteiger partial charge in [0.05, 0.1) is 0 Å². The van der Waals surface area contributed by atoms with E-state index in [1.54, 1.807) is 12.1 Å². The van der Waals surface area contributed by atoms with E-state index in [4.69, 9.17) is 0 Å². The standard InChI is InChI=1S/C19H23FN2/c20-18-6-8-19(9-7-18)21-14-16-10-12-22(13-11-16)15-17-4-2-1-3-5-17/h1-9,16,21H,10-15H2. The van der Waals surface area contributed by atoms with Crippen molar-refractivity contribution < 1.29 is 4.39 Å². The van der Waals surface area contributed by atoms with Crippen LogP contribution in [0.15, 0.2) is 54.6 Å². The fourth-order valence-electron chi connectivity index (χ4n) is 3.02. The fraction of sp³-hybridized carbons (Fsp3) is 0.368. The summed E-state index contributed by atoms with van der Waals surface area (Å²) in [6.45, 7) is 4.35. The first-order valence-corrected chi connectivity index (χ1v) is 8.05. The van der Waals surface area contributed by atoms with E-state index in [2.05, 4.69) is 40.5 Å². The Morgan fingerprint density at radius 1 is 0.955 bits per heavy atom. The van der Waals surface area contributed by atoms with E-state index >= 15 is 0 Å². The zero-order valence-corrected chi connectivity index (χ0v) is 12.8. The number of hydrogen-bond acceptors (Lipinski definition) is 2. The average Bonchev–Trinajstić information content (AvgIpc) is 2.57. The highest BCUT2D eigenvalue weighted by molar-refractivity contribution is 5.42. The molecule has 0 spiro atoms. The van der Waals surface area contributed by atoms with Crippen LogP contribution in [0, 0.1) is 11.7 Å². The summed E-state index contributed by atoms with van der Waals surface area (Å²) < 4.78 is 12.9. The molecule has 1 aliphatic rings. The van der Waals surface area contributed by atoms with Crippen molar-refractivity contribution in [1.29, 1.82) is 0 Å². The Labute approximate surface area is 132 Å². The summed E-state index contributed by atoms with van der Waals surface area (Å²) in [5.74, 6) is 0.525. The lowest BCUT2D eigenvalue weighted by Crippen LogP contribution is -2.35. The second-order valence-electron chi connectivity index (χ2n) is 6.09. The Hall–Kier alpha value is -1.87. The molecule has 1 aliphatic heterocycles. The third-order valence-corrected chi connectivity index (χ3v) is 4.40. The molecule has 3 rings (SSSR count). The summed E-state index contributed by atoms with van der Waals surface area (Å²) in [6.07, 6.45) is 2.45. The van der Waals surface area contributed by atoms with Gasteiger partial charge < -0.3 is 5.32 Å². The molecule has 0 radical (unpaired) electrons. The highest BCUT2D eigenvalue weighted by atomic mass is 19.1. The molecule has 0 unspecified atom stereocenters. The third-order valence-electron chi connectivity index (χ3n) is 4.40. The Balaban J connectivity index is 1.41. The van der Waals surface area contributed by atoms with Crippen molar-refractivity contribution in [3.63, 3.8) is 0 Å². The zero-order chi connectivity index (χ0) is 15.2. The summed E-state index contributed by atoms with van der Waals surface area (Å²) in [5, 5.41) is 3.42. The second kappa shape index (κ2) is 7.41. The number of anilines is 1. The van der Waals surface area contributed by atoms with Crippen molar-refractivity contribution in [3.8, 4) is 0 Å². The molecule has 0 aromatic heterocycles. The summed E-state index contributed by atoms with van der Waals surface area (Å²) in [4.78, 5) is 2.53. The quantitative estimate of drug-likeness (QED) is 0.892. The van der Waals surface area contributed by atoms with Gasteiger partial charge in [0.1, 0.15) is 5.82 Å². The van der Waals surface area contributed by atoms with Gasteiger partial charge in [0.25, 0.3) is 0 Å². The first-order valence-electron chi connectivity index (χ1n) is 8.05. The minimum absolute atomic E-state index is 0.181. The molecule has 1 saturated heterocycles. The molecule has 1 fully saturated rings. The van der Waals surface area contributed by atoms with Gasteiger partial charge in [0.15, 0.2) is 0 Å². The smallest absolute Gasteiger partial charge is 0.123 e. The van der Waals surface area contributed by atoms with Gasteiger partial charge in [-0.1, -0.05) is 30.3 Å². The predicted molar refractivity (Wildman–Crippen MR) is 89.3 cm³/mol. The topological polar surface area (TPSA) is 15.3 Å². The van der Waals surface area contributed by atoms with E-state index in [1.807, 2.05) is 0 Å². The number of nitrogens with one attached hydrogen (secondary N) is 1. The molecular weight excluding hydrogens is 275 g/mol. The van der Waals surface area contributed by atoms with Crippen LogP contribution in [0.3, 0.4) is 0 Å². The van der Waals surface area contributed by atoms with Gasteiger partial charge in [-0.15, -0.1) is 0 Å². The number of nitrogens with zero attached hydrogens (tertiary/aromatic N) is 1. The molecule has 2 aromatic carbocycles. The minimum Gasteiger partial charge on any atom is -0.385 e. The number of benzene rings is 2. The van der Waals surface area contributed by atoms with Crippen LogP contribution in [0.4, 0.5) is 10.1 Å². The minimum atomic E-state index is -0.181. The normalized spacial score (nSPS) is 16.6. The van der Waals surface area contributed by atoms with Gasteiger partial charge in [-0.05, 0) is 61.7 Å². The van der Waals surface area contributed by atoms with E-state index < -0.39 is 0 Å². The summed E-state index contributed by atoms with van der Waals surface area (Å²) in [6, 6.07) is 17.3. The highest BCUT2D eigenvalue weighted by Gasteiger charge is 2.18. The maximum Gasteiger partial charge on any atom is 0.123 e. The van der Waals surface area contributed by atoms with Crippen LogP contribution in [-0.4, -0.2) is 24.5 Å². The molecule has 0 bridgehead atoms. The van der Waals surface area contributed by atoms with Gasteiger partial charge in [0, 0.05) is 18.8 Å². The number of rotatable bonds is 5. The Morgan fingerprint density at radius 2 is 1.64 bits per heavy atom. The zero-order valence-electron chi connectivity index (χ0n) is 12.8. The van der Waals surface area contributed by atoms with Gasteiger partial charge in [-0.3, -0.25) is 4.90 Å². The molecule has 0 amide bonds. The first kappa shape index (κ1) is 15.0. The van der Waals surface area contributed by atoms with E-state index in [0.717, 1.165) is 31.9 Å². The van der Waals surface area contributed by atoms with Gasteiger partial charge in [-0.25, -0.2) is 4.39 Å². The molecule has 0 atom stereocenters. The van der Waals surface area contributed by atoms with Crippen molar-refractivity contribution in [1.82, 2.24) is 4.90 Å². The molecule has 116 valence electrons. The van der Waals surface area contributed by atoms with Crippen LogP contribution in [0.25, 0.3) is 0 Å². The van der Waals surface area contributed by atoms with Gasteiger partial charge >= 0.3 is 0 Å². The van der Waals surface area contributed by atoms with Crippen LogP contribution >= 0.6 is 0 Å². The van der Waals surface area contributed by atoms with E-state index in [-0.39, 0.29) is 5.82 Å². The maximum absolute atomic E-state index is 12.9. The number of hydrogen-bond donors (Lipinski definition) is 1. The number of piperidine rings is 1. The fourth-order valence-corrected chi connectivity index (χ4v) is 3.02. The third kappa shape index (κ3) is 4.31. The number of halogens is 1. The molecule has 3 heteroatoms. The molecule has 22 heavy (non-hydrogen) atoms. The predicted octanol–water partition coefficient (Wildman–Crippen LogP) is 4.15. The van der Waals surface area contributed by atoms with Crippen LogP contribution in [-0.2, 0) is 6.54 Å². The lowest BCUT2D eigenvalue weighted by molar-refractivity contribution is 0.182. The molecule has 1 heterocycles. The Morgan fingerprint density at radius 3 is 2.32 bits per heavy atom. The molecule has 2 aromatic rings. The maximum atomic E-state index is 12.9. The molecule has 0 aliphatic carbocycles. The van der Waals surface area contributed by atoms with Gasteiger partial charge in [-0.2, -0.15) is 0 Å². The van der Waals surface area contributed by atoms with Crippen molar-refractivity contribution in [3.05, 3.63) is 66.0 Å². The molecule has 1 N–H and O–H groups in total. The lowest BCUT2D eigenvalue weighted by atomic mass is 9.96. The van der Waals surface area contributed by atoms with Crippen molar-refractivity contribution in [2.24, 2.45) is 5.92 Å². The summed E-state index contributed by atoms with van der Waals surface area (Å²) >= 11 is 0. The SMILES string of the molecule is Fc1ccc(NCC2CCN(Cc3ccccc3)CC2)cc1. The van der Waals surface area contributed by atoms with E-state index in [1.165, 1.54) is 30.5 Å². The molecular formula is C19H23FN2. The van der Waals surface area contributed by atoms with Crippen molar-refractivity contribution in [2.75, 3.05) is 25.0 Å². The highest BCUT2D eigenvalue weighted by Crippen LogP contribution is 2.20. The van der Waals surface area contributed by atoms with Crippen molar-refractivity contribution in [2.45, 2.75) is 19.4 Å². The Bertz CT molecular complexity index is 560. The molecule has 2 nitrogen and oxygen atoms in total. The van der Waals surface area contributed by atoms with Gasteiger partial charge in [0.2, 0.25) is 0 Å². The average molecular weight is 298 g/mol. The van der Waals surface area contributed by atoms with E-state index in [0.29, 0.717) is 5.92 Å². The lowest BCUT2D eigenvalue weighted by Gasteiger charge is -2.32. The van der Waals surface area contributed by atoms with Crippen LogP contribution in [0.1, 0.15) is 18.4 Å². The van der Waals surface area contributed by atoms with E-state index in [9.17, 15) is 4.39 Å². The van der Waals surface area contributed by atoms with Crippen molar-refractivity contribution >= 4 is 5.69 Å². The Kier molecular flexibility index (Phi) is 5.07. The van der Waals surface area contributed by atoms with Crippen LogP contribution in [0.2, 0.25) is 0 Å². The molecule has 0 saturated carbocycles. The summed E-state index contributed by atoms with van der Waals surface area (Å²) in [7, 11) is 0. The second-order valence-corrected chi connectivity index (χ2v) is 6.09. The monoisotopic (exact) mass is 298 g/mol. The summed E-state index contributed by atoms with van der Waals surface area (Å²) in [5.41, 5.74) is 2.40. The first-order chi connectivity index (χ1) is 10.8. The van der Waals surface area contributed by atoms with Crippen LogP contribution in [0.5, 0.6) is 0 Å².